The first-order valence-corrected chi connectivity index (χ1v) is 10.1. The van der Waals surface area contributed by atoms with Crippen LogP contribution in [0.25, 0.3) is 0 Å². The number of carbonyl (C=O) groups is 2. The summed E-state index contributed by atoms with van der Waals surface area (Å²) < 4.78 is -0.608. The van der Waals surface area contributed by atoms with Crippen molar-refractivity contribution in [3.8, 4) is 23.7 Å². The molecule has 2 amide bonds. The number of rotatable bonds is 6. The summed E-state index contributed by atoms with van der Waals surface area (Å²) in [5.41, 5.74) is 2.71. The maximum absolute atomic E-state index is 12.5. The van der Waals surface area contributed by atoms with Crippen LogP contribution in [-0.2, 0) is 4.79 Å². The fourth-order valence-electron chi connectivity index (χ4n) is 2.52. The van der Waals surface area contributed by atoms with E-state index in [0.29, 0.717) is 11.5 Å². The Kier molecular flexibility index (Phi) is 7.53. The molecule has 0 spiro atoms. The van der Waals surface area contributed by atoms with Gasteiger partial charge >= 0.3 is 0 Å². The van der Waals surface area contributed by atoms with Crippen LogP contribution in [-0.4, -0.2) is 45.8 Å². The smallest absolute Gasteiger partial charge is 0.267 e. The van der Waals surface area contributed by atoms with Gasteiger partial charge in [0, 0.05) is 28.4 Å². The van der Waals surface area contributed by atoms with E-state index in [1.807, 2.05) is 20.1 Å². The number of hydrogen-bond acceptors (Lipinski definition) is 5. The van der Waals surface area contributed by atoms with Gasteiger partial charge < -0.3 is 10.4 Å². The number of benzene rings is 1. The minimum atomic E-state index is -0.903. The lowest BCUT2D eigenvalue weighted by atomic mass is 10.0. The molecule has 3 atom stereocenters. The summed E-state index contributed by atoms with van der Waals surface area (Å²) in [5.74, 6) is 10.9. The molecule has 148 valence electrons. The Morgan fingerprint density at radius 3 is 2.50 bits per heavy atom. The van der Waals surface area contributed by atoms with E-state index >= 15 is 0 Å². The van der Waals surface area contributed by atoms with Crippen molar-refractivity contribution in [3.63, 3.8) is 0 Å². The van der Waals surface area contributed by atoms with Crippen molar-refractivity contribution < 1.29 is 19.9 Å². The predicted molar refractivity (Wildman–Crippen MR) is 109 cm³/mol. The molecule has 1 aliphatic rings. The van der Waals surface area contributed by atoms with Gasteiger partial charge in [0.2, 0.25) is 0 Å². The number of thioether (sulfide) groups is 1. The van der Waals surface area contributed by atoms with Gasteiger partial charge in [0.05, 0.1) is 0 Å². The summed E-state index contributed by atoms with van der Waals surface area (Å²) in [7, 11) is 0. The first-order chi connectivity index (χ1) is 13.3. The first kappa shape index (κ1) is 21.8. The molecule has 1 aromatic rings. The first-order valence-electron chi connectivity index (χ1n) is 8.84. The third-order valence-corrected chi connectivity index (χ3v) is 5.99. The maximum Gasteiger partial charge on any atom is 0.267 e. The highest BCUT2D eigenvalue weighted by atomic mass is 32.2. The highest BCUT2D eigenvalue weighted by Gasteiger charge is 2.36. The fourth-order valence-corrected chi connectivity index (χ4v) is 2.92. The Morgan fingerprint density at radius 1 is 1.29 bits per heavy atom. The highest BCUT2D eigenvalue weighted by Crippen LogP contribution is 2.36. The van der Waals surface area contributed by atoms with E-state index in [1.54, 1.807) is 29.7 Å². The van der Waals surface area contributed by atoms with Gasteiger partial charge in [-0.3, -0.25) is 14.8 Å². The molecular formula is C21H24N2O4S. The van der Waals surface area contributed by atoms with Gasteiger partial charge in [-0.15, -0.1) is 0 Å². The average molecular weight is 401 g/mol. The third kappa shape index (κ3) is 5.77. The molecule has 1 aliphatic carbocycles. The molecule has 0 radical (unpaired) electrons. The van der Waals surface area contributed by atoms with Crippen molar-refractivity contribution in [2.75, 3.05) is 12.9 Å². The second-order valence-corrected chi connectivity index (χ2v) is 8.53. The van der Waals surface area contributed by atoms with Crippen molar-refractivity contribution in [2.24, 2.45) is 11.8 Å². The molecule has 0 bridgehead atoms. The molecule has 0 aliphatic heterocycles. The predicted octanol–water partition coefficient (Wildman–Crippen LogP) is 1.42. The van der Waals surface area contributed by atoms with Crippen LogP contribution in [0.15, 0.2) is 24.3 Å². The van der Waals surface area contributed by atoms with Gasteiger partial charge in [0.25, 0.3) is 11.8 Å². The van der Waals surface area contributed by atoms with Crippen LogP contribution in [0.4, 0.5) is 0 Å². The maximum atomic E-state index is 12.5. The lowest BCUT2D eigenvalue weighted by molar-refractivity contribution is -0.131. The molecular weight excluding hydrogens is 376 g/mol. The Morgan fingerprint density at radius 2 is 1.96 bits per heavy atom. The van der Waals surface area contributed by atoms with Crippen LogP contribution < -0.4 is 10.8 Å². The Labute approximate surface area is 169 Å². The van der Waals surface area contributed by atoms with Crippen molar-refractivity contribution >= 4 is 23.6 Å². The van der Waals surface area contributed by atoms with Crippen LogP contribution in [0, 0.1) is 35.5 Å². The topological polar surface area (TPSA) is 98.7 Å². The molecule has 1 saturated carbocycles. The number of hydroxylamine groups is 1. The van der Waals surface area contributed by atoms with Crippen LogP contribution in [0.1, 0.15) is 36.2 Å². The monoisotopic (exact) mass is 400 g/mol. The minimum Gasteiger partial charge on any atom is -0.396 e. The molecule has 7 heteroatoms. The van der Waals surface area contributed by atoms with E-state index in [1.165, 1.54) is 11.8 Å². The van der Waals surface area contributed by atoms with Gasteiger partial charge in [-0.05, 0) is 68.5 Å². The minimum absolute atomic E-state index is 0.172. The normalized spacial score (nSPS) is 18.6. The molecule has 2 rings (SSSR count). The van der Waals surface area contributed by atoms with E-state index in [4.69, 9.17) is 10.3 Å². The van der Waals surface area contributed by atoms with E-state index in [0.717, 1.165) is 12.0 Å². The summed E-state index contributed by atoms with van der Waals surface area (Å²) in [6.45, 7) is 3.79. The average Bonchev–Trinajstić information content (AvgIpc) is 3.47. The summed E-state index contributed by atoms with van der Waals surface area (Å²) in [4.78, 5) is 24.4. The standard InChI is InChI=1S/C21H24N2O4S/c1-21(2,28-3)18(20(26)23-27)22-19(25)15-10-8-14(9-11-15)6-4-5-7-16-12-17(16)13-24/h8-11,16-18,24,27H,12-13H2,1-3H3,(H,22,25)(H,23,26)/t16?,17-,18-/m1/s1. The third-order valence-electron chi connectivity index (χ3n) is 4.70. The Bertz CT molecular complexity index is 843. The Balaban J connectivity index is 2.02. The molecule has 0 saturated heterocycles. The molecule has 1 aromatic carbocycles. The molecule has 1 unspecified atom stereocenters. The lowest BCUT2D eigenvalue weighted by Gasteiger charge is -2.31. The van der Waals surface area contributed by atoms with Gasteiger partial charge in [-0.1, -0.05) is 11.8 Å². The van der Waals surface area contributed by atoms with E-state index in [2.05, 4.69) is 29.0 Å². The largest absolute Gasteiger partial charge is 0.396 e. The molecule has 4 N–H and O–H groups in total. The van der Waals surface area contributed by atoms with E-state index in [9.17, 15) is 9.59 Å². The molecule has 0 aromatic heterocycles. The Hall–Kier alpha value is -2.45. The van der Waals surface area contributed by atoms with Crippen LogP contribution >= 0.6 is 11.8 Å². The molecule has 6 nitrogen and oxygen atoms in total. The summed E-state index contributed by atoms with van der Waals surface area (Å²) >= 11 is 1.41. The fraction of sp³-hybridized carbons (Fsp3) is 0.429. The number of aliphatic hydroxyl groups excluding tert-OH is 1. The second-order valence-electron chi connectivity index (χ2n) is 7.07. The van der Waals surface area contributed by atoms with Gasteiger partial charge in [-0.25, -0.2) is 5.48 Å². The number of aliphatic hydroxyl groups is 1. The van der Waals surface area contributed by atoms with Gasteiger partial charge in [0.15, 0.2) is 0 Å². The quantitative estimate of drug-likeness (QED) is 0.329. The van der Waals surface area contributed by atoms with Gasteiger partial charge in [0.1, 0.15) is 6.04 Å². The lowest BCUT2D eigenvalue weighted by Crippen LogP contribution is -2.55. The van der Waals surface area contributed by atoms with Crippen molar-refractivity contribution in [3.05, 3.63) is 35.4 Å². The number of carbonyl (C=O) groups excluding carboxylic acids is 2. The summed E-state index contributed by atoms with van der Waals surface area (Å²) in [6, 6.07) is 5.75. The number of nitrogens with one attached hydrogen (secondary N) is 2. The zero-order chi connectivity index (χ0) is 20.7. The summed E-state index contributed by atoms with van der Waals surface area (Å²) in [6.07, 6.45) is 2.75. The van der Waals surface area contributed by atoms with Crippen LogP contribution in [0.5, 0.6) is 0 Å². The highest BCUT2D eigenvalue weighted by molar-refractivity contribution is 8.00. The SMILES string of the molecule is CSC(C)(C)[C@H](NC(=O)c1ccc(C#CC#CC2C[C@@H]2CO)cc1)C(=O)NO. The van der Waals surface area contributed by atoms with Crippen molar-refractivity contribution in [1.82, 2.24) is 10.8 Å². The van der Waals surface area contributed by atoms with E-state index < -0.39 is 22.6 Å². The zero-order valence-electron chi connectivity index (χ0n) is 16.1. The van der Waals surface area contributed by atoms with Crippen LogP contribution in [0.2, 0.25) is 0 Å². The number of hydrogen-bond donors (Lipinski definition) is 4. The second kappa shape index (κ2) is 9.66. The molecule has 1 fully saturated rings. The zero-order valence-corrected chi connectivity index (χ0v) is 16.9. The van der Waals surface area contributed by atoms with E-state index in [-0.39, 0.29) is 12.5 Å². The molecule has 28 heavy (non-hydrogen) atoms. The summed E-state index contributed by atoms with van der Waals surface area (Å²) in [5, 5.41) is 20.6. The number of amides is 2. The van der Waals surface area contributed by atoms with Crippen LogP contribution in [0.3, 0.4) is 0 Å². The van der Waals surface area contributed by atoms with Crippen molar-refractivity contribution in [2.45, 2.75) is 31.1 Å². The van der Waals surface area contributed by atoms with Crippen molar-refractivity contribution in [1.29, 1.82) is 0 Å². The van der Waals surface area contributed by atoms with Gasteiger partial charge in [-0.2, -0.15) is 11.8 Å². The molecule has 0 heterocycles.